The minimum Gasteiger partial charge on any atom is -0.472 e. The van der Waals surface area contributed by atoms with Crippen LogP contribution < -0.4 is 0 Å². The fourth-order valence-electron chi connectivity index (χ4n) is 1.57. The van der Waals surface area contributed by atoms with E-state index in [0.29, 0.717) is 12.0 Å². The Morgan fingerprint density at radius 3 is 2.94 bits per heavy atom. The molecule has 0 saturated heterocycles. The number of furan rings is 1. The van der Waals surface area contributed by atoms with Gasteiger partial charge in [-0.25, -0.2) is 0 Å². The fourth-order valence-corrected chi connectivity index (χ4v) is 1.57. The van der Waals surface area contributed by atoms with Gasteiger partial charge in [0.05, 0.1) is 30.3 Å². The zero-order valence-corrected chi connectivity index (χ0v) is 8.63. The van der Waals surface area contributed by atoms with E-state index >= 15 is 0 Å². The Bertz CT molecular complexity index is 497. The third-order valence-corrected chi connectivity index (χ3v) is 2.41. The van der Waals surface area contributed by atoms with Gasteiger partial charge in [0.2, 0.25) is 0 Å². The van der Waals surface area contributed by atoms with Crippen molar-refractivity contribution in [2.24, 2.45) is 0 Å². The first-order valence-corrected chi connectivity index (χ1v) is 4.99. The van der Waals surface area contributed by atoms with E-state index < -0.39 is 6.10 Å². The van der Waals surface area contributed by atoms with Crippen LogP contribution in [-0.2, 0) is 6.42 Å². The van der Waals surface area contributed by atoms with Crippen molar-refractivity contribution in [3.05, 3.63) is 59.5 Å². The van der Waals surface area contributed by atoms with Gasteiger partial charge in [0.25, 0.3) is 0 Å². The summed E-state index contributed by atoms with van der Waals surface area (Å²) >= 11 is 0. The van der Waals surface area contributed by atoms with Crippen LogP contribution in [0.1, 0.15) is 22.8 Å². The molecule has 0 saturated carbocycles. The van der Waals surface area contributed by atoms with Gasteiger partial charge in [-0.15, -0.1) is 0 Å². The molecule has 0 fully saturated rings. The lowest BCUT2D eigenvalue weighted by Crippen LogP contribution is -2.01. The van der Waals surface area contributed by atoms with E-state index in [2.05, 4.69) is 6.07 Å². The quantitative estimate of drug-likeness (QED) is 0.851. The first-order valence-electron chi connectivity index (χ1n) is 4.99. The first kappa shape index (κ1) is 10.5. The van der Waals surface area contributed by atoms with Gasteiger partial charge in [-0.1, -0.05) is 12.1 Å². The van der Waals surface area contributed by atoms with Crippen LogP contribution in [0.15, 0.2) is 47.3 Å². The Morgan fingerprint density at radius 1 is 1.38 bits per heavy atom. The van der Waals surface area contributed by atoms with E-state index in [9.17, 15) is 5.11 Å². The Balaban J connectivity index is 2.15. The summed E-state index contributed by atoms with van der Waals surface area (Å²) in [4.78, 5) is 0. The van der Waals surface area contributed by atoms with Gasteiger partial charge >= 0.3 is 0 Å². The number of hydrogen-bond acceptors (Lipinski definition) is 3. The highest BCUT2D eigenvalue weighted by Crippen LogP contribution is 2.19. The van der Waals surface area contributed by atoms with E-state index in [-0.39, 0.29) is 0 Å². The molecule has 1 aromatic carbocycles. The number of nitriles is 1. The van der Waals surface area contributed by atoms with Crippen LogP contribution in [0.2, 0.25) is 0 Å². The van der Waals surface area contributed by atoms with Gasteiger partial charge in [-0.3, -0.25) is 0 Å². The highest BCUT2D eigenvalue weighted by molar-refractivity contribution is 5.34. The molecule has 3 nitrogen and oxygen atoms in total. The van der Waals surface area contributed by atoms with Crippen LogP contribution in [0.25, 0.3) is 0 Å². The standard InChI is InChI=1S/C13H11NO2/c14-8-10-2-1-3-12(6-10)13(15)7-11-4-5-16-9-11/h1-6,9,13,15H,7H2. The molecule has 0 spiro atoms. The molecular formula is C13H11NO2. The maximum absolute atomic E-state index is 9.96. The van der Waals surface area contributed by atoms with Crippen molar-refractivity contribution in [2.45, 2.75) is 12.5 Å². The molecule has 0 radical (unpaired) electrons. The van der Waals surface area contributed by atoms with E-state index in [0.717, 1.165) is 11.1 Å². The molecule has 80 valence electrons. The summed E-state index contributed by atoms with van der Waals surface area (Å²) in [7, 11) is 0. The van der Waals surface area contributed by atoms with Crippen molar-refractivity contribution in [1.29, 1.82) is 5.26 Å². The number of benzene rings is 1. The van der Waals surface area contributed by atoms with E-state index in [4.69, 9.17) is 9.68 Å². The highest BCUT2D eigenvalue weighted by atomic mass is 16.3. The Hall–Kier alpha value is -2.05. The second kappa shape index (κ2) is 4.65. The summed E-state index contributed by atoms with van der Waals surface area (Å²) in [6, 6.07) is 10.9. The molecule has 0 bridgehead atoms. The van der Waals surface area contributed by atoms with Crippen molar-refractivity contribution in [3.8, 4) is 6.07 Å². The smallest absolute Gasteiger partial charge is 0.0991 e. The lowest BCUT2D eigenvalue weighted by Gasteiger charge is -2.09. The molecule has 1 N–H and O–H groups in total. The van der Waals surface area contributed by atoms with Crippen LogP contribution in [0.4, 0.5) is 0 Å². The van der Waals surface area contributed by atoms with Crippen LogP contribution >= 0.6 is 0 Å². The summed E-state index contributed by atoms with van der Waals surface area (Å²) in [6.07, 6.45) is 3.07. The Labute approximate surface area is 93.6 Å². The summed E-state index contributed by atoms with van der Waals surface area (Å²) < 4.78 is 4.93. The van der Waals surface area contributed by atoms with Crippen molar-refractivity contribution in [3.63, 3.8) is 0 Å². The highest BCUT2D eigenvalue weighted by Gasteiger charge is 2.09. The minimum atomic E-state index is -0.606. The van der Waals surface area contributed by atoms with Gasteiger partial charge < -0.3 is 9.52 Å². The number of aliphatic hydroxyl groups excluding tert-OH is 1. The summed E-state index contributed by atoms with van der Waals surface area (Å²) in [6.45, 7) is 0. The third kappa shape index (κ3) is 2.30. The normalized spacial score (nSPS) is 12.0. The Kier molecular flexibility index (Phi) is 3.04. The van der Waals surface area contributed by atoms with Gasteiger partial charge in [-0.05, 0) is 29.3 Å². The van der Waals surface area contributed by atoms with Crippen LogP contribution in [0, 0.1) is 11.3 Å². The summed E-state index contributed by atoms with van der Waals surface area (Å²) in [5.74, 6) is 0. The molecule has 2 rings (SSSR count). The van der Waals surface area contributed by atoms with E-state index in [1.807, 2.05) is 12.1 Å². The maximum atomic E-state index is 9.96. The van der Waals surface area contributed by atoms with Gasteiger partial charge in [0.1, 0.15) is 0 Å². The second-order valence-electron chi connectivity index (χ2n) is 3.59. The molecular weight excluding hydrogens is 202 g/mol. The molecule has 0 aliphatic carbocycles. The zero-order valence-electron chi connectivity index (χ0n) is 8.63. The van der Waals surface area contributed by atoms with Gasteiger partial charge in [-0.2, -0.15) is 5.26 Å². The number of aliphatic hydroxyl groups is 1. The zero-order chi connectivity index (χ0) is 11.4. The molecule has 3 heteroatoms. The average molecular weight is 213 g/mol. The second-order valence-corrected chi connectivity index (χ2v) is 3.59. The average Bonchev–Trinajstić information content (AvgIpc) is 2.82. The number of rotatable bonds is 3. The SMILES string of the molecule is N#Cc1cccc(C(O)Cc2ccoc2)c1. The topological polar surface area (TPSA) is 57.2 Å². The lowest BCUT2D eigenvalue weighted by molar-refractivity contribution is 0.178. The van der Waals surface area contributed by atoms with Gasteiger partial charge in [0, 0.05) is 6.42 Å². The molecule has 1 unspecified atom stereocenters. The van der Waals surface area contributed by atoms with Gasteiger partial charge in [0.15, 0.2) is 0 Å². The van der Waals surface area contributed by atoms with Crippen molar-refractivity contribution in [2.75, 3.05) is 0 Å². The van der Waals surface area contributed by atoms with Crippen molar-refractivity contribution < 1.29 is 9.52 Å². The molecule has 16 heavy (non-hydrogen) atoms. The van der Waals surface area contributed by atoms with Crippen molar-refractivity contribution in [1.82, 2.24) is 0 Å². The molecule has 1 heterocycles. The molecule has 1 atom stereocenters. The van der Waals surface area contributed by atoms with E-state index in [1.54, 1.807) is 30.7 Å². The number of hydrogen-bond donors (Lipinski definition) is 1. The molecule has 2 aromatic rings. The van der Waals surface area contributed by atoms with Crippen LogP contribution in [0.5, 0.6) is 0 Å². The predicted molar refractivity (Wildman–Crippen MR) is 58.5 cm³/mol. The fraction of sp³-hybridized carbons (Fsp3) is 0.154. The lowest BCUT2D eigenvalue weighted by atomic mass is 10.0. The predicted octanol–water partition coefficient (Wildman–Crippen LogP) is 2.43. The minimum absolute atomic E-state index is 0.491. The maximum Gasteiger partial charge on any atom is 0.0991 e. The van der Waals surface area contributed by atoms with E-state index in [1.165, 1.54) is 0 Å². The molecule has 0 aliphatic heterocycles. The van der Waals surface area contributed by atoms with Crippen molar-refractivity contribution >= 4 is 0 Å². The van der Waals surface area contributed by atoms with Crippen LogP contribution in [0.3, 0.4) is 0 Å². The largest absolute Gasteiger partial charge is 0.472 e. The summed E-state index contributed by atoms with van der Waals surface area (Å²) in [5.41, 5.74) is 2.25. The number of nitrogens with zero attached hydrogens (tertiary/aromatic N) is 1. The first-order chi connectivity index (χ1) is 7.79. The van der Waals surface area contributed by atoms with Crippen LogP contribution in [-0.4, -0.2) is 5.11 Å². The molecule has 0 amide bonds. The Morgan fingerprint density at radius 2 is 2.25 bits per heavy atom. The molecule has 0 aliphatic rings. The third-order valence-electron chi connectivity index (χ3n) is 2.41. The molecule has 1 aromatic heterocycles. The summed E-state index contributed by atoms with van der Waals surface area (Å²) in [5, 5.41) is 18.7. The monoisotopic (exact) mass is 213 g/mol.